The van der Waals surface area contributed by atoms with Gasteiger partial charge < -0.3 is 4.74 Å². The van der Waals surface area contributed by atoms with Crippen molar-refractivity contribution in [3.05, 3.63) is 65.5 Å². The van der Waals surface area contributed by atoms with Crippen molar-refractivity contribution in [3.8, 4) is 0 Å². The molecule has 1 atom stereocenters. The summed E-state index contributed by atoms with van der Waals surface area (Å²) in [6.07, 6.45) is 3.06. The highest BCUT2D eigenvalue weighted by atomic mass is 16.5. The molecule has 3 rings (SSSR count). The van der Waals surface area contributed by atoms with Gasteiger partial charge in [-0.25, -0.2) is 0 Å². The summed E-state index contributed by atoms with van der Waals surface area (Å²) >= 11 is 0. The average Bonchev–Trinajstić information content (AvgIpc) is 2.57. The molecule has 1 saturated heterocycles. The number of aryl methyl sites for hydroxylation is 1. The molecule has 1 aromatic heterocycles. The highest BCUT2D eigenvalue weighted by Crippen LogP contribution is 2.28. The highest BCUT2D eigenvalue weighted by molar-refractivity contribution is 5.32. The van der Waals surface area contributed by atoms with Crippen LogP contribution in [0.4, 0.5) is 0 Å². The number of aromatic nitrogens is 1. The molecule has 0 saturated carbocycles. The fraction of sp³-hybridized carbons (Fsp3) is 0.421. The lowest BCUT2D eigenvalue weighted by atomic mass is 9.88. The summed E-state index contributed by atoms with van der Waals surface area (Å²) in [5.41, 5.74) is 3.85. The summed E-state index contributed by atoms with van der Waals surface area (Å²) in [6, 6.07) is 15.2. The van der Waals surface area contributed by atoms with E-state index in [2.05, 4.69) is 59.3 Å². The third-order valence-electron chi connectivity index (χ3n) is 4.36. The predicted molar refractivity (Wildman–Crippen MR) is 89.1 cm³/mol. The van der Waals surface area contributed by atoms with E-state index in [1.54, 1.807) is 0 Å². The summed E-state index contributed by atoms with van der Waals surface area (Å²) in [5.74, 6) is 0.436. The van der Waals surface area contributed by atoms with Crippen molar-refractivity contribution in [2.24, 2.45) is 0 Å². The van der Waals surface area contributed by atoms with E-state index in [-0.39, 0.29) is 0 Å². The molecule has 3 heteroatoms. The van der Waals surface area contributed by atoms with Gasteiger partial charge in [0.25, 0.3) is 0 Å². The van der Waals surface area contributed by atoms with Gasteiger partial charge in [0, 0.05) is 30.9 Å². The van der Waals surface area contributed by atoms with Crippen molar-refractivity contribution >= 4 is 0 Å². The molecule has 1 aliphatic heterocycles. The zero-order chi connectivity index (χ0) is 15.2. The number of morpholine rings is 1. The van der Waals surface area contributed by atoms with Gasteiger partial charge >= 0.3 is 0 Å². The van der Waals surface area contributed by atoms with Gasteiger partial charge in [0.1, 0.15) is 0 Å². The standard InChI is InChI=1S/C19H24N2O/c1-16-15-18(7-9-20-16)19(17-5-3-2-4-6-17)8-10-21-11-13-22-14-12-21/h2-7,9,15,19H,8,10-14H2,1H3. The van der Waals surface area contributed by atoms with Crippen LogP contribution in [0.25, 0.3) is 0 Å². The van der Waals surface area contributed by atoms with E-state index < -0.39 is 0 Å². The number of rotatable bonds is 5. The van der Waals surface area contributed by atoms with Crippen LogP contribution >= 0.6 is 0 Å². The van der Waals surface area contributed by atoms with Crippen molar-refractivity contribution in [1.82, 2.24) is 9.88 Å². The van der Waals surface area contributed by atoms with Crippen molar-refractivity contribution in [1.29, 1.82) is 0 Å². The monoisotopic (exact) mass is 296 g/mol. The second-order valence-corrected chi connectivity index (χ2v) is 5.94. The largest absolute Gasteiger partial charge is 0.379 e. The molecule has 1 aromatic carbocycles. The van der Waals surface area contributed by atoms with E-state index in [1.807, 2.05) is 6.20 Å². The van der Waals surface area contributed by atoms with Gasteiger partial charge in [-0.2, -0.15) is 0 Å². The fourth-order valence-electron chi connectivity index (χ4n) is 3.13. The molecule has 0 N–H and O–H groups in total. The number of ether oxygens (including phenoxy) is 1. The summed E-state index contributed by atoms with van der Waals surface area (Å²) in [6.45, 7) is 7.01. The first-order chi connectivity index (χ1) is 10.8. The van der Waals surface area contributed by atoms with E-state index in [0.29, 0.717) is 5.92 Å². The maximum Gasteiger partial charge on any atom is 0.0594 e. The van der Waals surface area contributed by atoms with Crippen LogP contribution in [0.15, 0.2) is 48.7 Å². The predicted octanol–water partition coefficient (Wildman–Crippen LogP) is 3.24. The van der Waals surface area contributed by atoms with Crippen molar-refractivity contribution in [3.63, 3.8) is 0 Å². The molecular weight excluding hydrogens is 272 g/mol. The van der Waals surface area contributed by atoms with E-state index >= 15 is 0 Å². The van der Waals surface area contributed by atoms with Crippen molar-refractivity contribution < 1.29 is 4.74 Å². The quantitative estimate of drug-likeness (QED) is 0.847. The molecule has 116 valence electrons. The summed E-state index contributed by atoms with van der Waals surface area (Å²) in [4.78, 5) is 6.85. The average molecular weight is 296 g/mol. The number of hydrogen-bond acceptors (Lipinski definition) is 3. The first kappa shape index (κ1) is 15.2. The molecule has 0 radical (unpaired) electrons. The van der Waals surface area contributed by atoms with E-state index in [1.165, 1.54) is 11.1 Å². The van der Waals surface area contributed by atoms with E-state index in [4.69, 9.17) is 4.74 Å². The lowest BCUT2D eigenvalue weighted by Gasteiger charge is -2.28. The molecular formula is C19H24N2O. The second-order valence-electron chi connectivity index (χ2n) is 5.94. The molecule has 0 spiro atoms. The Morgan fingerprint density at radius 3 is 2.59 bits per heavy atom. The molecule has 0 amide bonds. The third-order valence-corrected chi connectivity index (χ3v) is 4.36. The summed E-state index contributed by atoms with van der Waals surface area (Å²) < 4.78 is 5.44. The number of nitrogens with zero attached hydrogens (tertiary/aromatic N) is 2. The molecule has 0 aliphatic carbocycles. The van der Waals surface area contributed by atoms with Crippen molar-refractivity contribution in [2.75, 3.05) is 32.8 Å². The van der Waals surface area contributed by atoms with Gasteiger partial charge in [-0.05, 0) is 43.1 Å². The van der Waals surface area contributed by atoms with Crippen LogP contribution in [0.3, 0.4) is 0 Å². The number of benzene rings is 1. The van der Waals surface area contributed by atoms with Gasteiger partial charge in [0.2, 0.25) is 0 Å². The first-order valence-electron chi connectivity index (χ1n) is 8.10. The lowest BCUT2D eigenvalue weighted by Crippen LogP contribution is -2.37. The Morgan fingerprint density at radius 2 is 1.86 bits per heavy atom. The highest BCUT2D eigenvalue weighted by Gasteiger charge is 2.17. The minimum atomic E-state index is 0.436. The normalized spacial score (nSPS) is 17.3. The van der Waals surface area contributed by atoms with Gasteiger partial charge in [-0.15, -0.1) is 0 Å². The summed E-state index contributed by atoms with van der Waals surface area (Å²) in [7, 11) is 0. The minimum Gasteiger partial charge on any atom is -0.379 e. The maximum absolute atomic E-state index is 5.44. The van der Waals surface area contributed by atoms with Gasteiger partial charge in [-0.3, -0.25) is 9.88 Å². The Bertz CT molecular complexity index is 579. The van der Waals surface area contributed by atoms with Crippen LogP contribution in [0.2, 0.25) is 0 Å². The van der Waals surface area contributed by atoms with E-state index in [9.17, 15) is 0 Å². The molecule has 0 bridgehead atoms. The van der Waals surface area contributed by atoms with E-state index in [0.717, 1.165) is 45.0 Å². The molecule has 1 fully saturated rings. The summed E-state index contributed by atoms with van der Waals surface area (Å²) in [5, 5.41) is 0. The van der Waals surface area contributed by atoms with Gasteiger partial charge in [0.15, 0.2) is 0 Å². The van der Waals surface area contributed by atoms with Crippen LogP contribution in [0.1, 0.15) is 29.2 Å². The van der Waals surface area contributed by atoms with Crippen molar-refractivity contribution in [2.45, 2.75) is 19.3 Å². The third kappa shape index (κ3) is 3.93. The van der Waals surface area contributed by atoms with Crippen LogP contribution < -0.4 is 0 Å². The van der Waals surface area contributed by atoms with Gasteiger partial charge in [0.05, 0.1) is 13.2 Å². The maximum atomic E-state index is 5.44. The molecule has 2 aromatic rings. The van der Waals surface area contributed by atoms with Crippen LogP contribution in [-0.2, 0) is 4.74 Å². The van der Waals surface area contributed by atoms with Gasteiger partial charge in [-0.1, -0.05) is 30.3 Å². The number of hydrogen-bond donors (Lipinski definition) is 0. The zero-order valence-electron chi connectivity index (χ0n) is 13.2. The Balaban J connectivity index is 1.77. The Morgan fingerprint density at radius 1 is 1.09 bits per heavy atom. The fourth-order valence-corrected chi connectivity index (χ4v) is 3.13. The first-order valence-corrected chi connectivity index (χ1v) is 8.10. The Labute approximate surface area is 132 Å². The lowest BCUT2D eigenvalue weighted by molar-refractivity contribution is 0.0369. The molecule has 3 nitrogen and oxygen atoms in total. The second kappa shape index (κ2) is 7.52. The Kier molecular flexibility index (Phi) is 5.20. The Hall–Kier alpha value is -1.71. The molecule has 1 aliphatic rings. The van der Waals surface area contributed by atoms with Crippen LogP contribution in [0, 0.1) is 6.92 Å². The smallest absolute Gasteiger partial charge is 0.0594 e. The topological polar surface area (TPSA) is 25.4 Å². The van der Waals surface area contributed by atoms with Crippen LogP contribution in [0.5, 0.6) is 0 Å². The molecule has 22 heavy (non-hydrogen) atoms. The SMILES string of the molecule is Cc1cc(C(CCN2CCOCC2)c2ccccc2)ccn1. The molecule has 1 unspecified atom stereocenters. The minimum absolute atomic E-state index is 0.436. The van der Waals surface area contributed by atoms with Crippen LogP contribution in [-0.4, -0.2) is 42.7 Å². The molecule has 2 heterocycles. The zero-order valence-corrected chi connectivity index (χ0v) is 13.2. The number of pyridine rings is 1.